The number of nitrogens with zero attached hydrogens (tertiary/aromatic N) is 1. The highest BCUT2D eigenvalue weighted by atomic mass is 19.1. The van der Waals surface area contributed by atoms with E-state index in [-0.39, 0.29) is 16.9 Å². The normalized spacial score (nSPS) is 12.8. The van der Waals surface area contributed by atoms with E-state index in [0.29, 0.717) is 22.3 Å². The average molecular weight is 254 g/mol. The van der Waals surface area contributed by atoms with Crippen LogP contribution in [-0.2, 0) is 0 Å². The molecule has 0 saturated heterocycles. The van der Waals surface area contributed by atoms with Crippen LogP contribution in [-0.4, -0.2) is 15.5 Å². The van der Waals surface area contributed by atoms with Crippen molar-refractivity contribution in [3.05, 3.63) is 58.1 Å². The summed E-state index contributed by atoms with van der Waals surface area (Å²) >= 11 is 0. The maximum absolute atomic E-state index is 13.2. The van der Waals surface area contributed by atoms with Gasteiger partial charge in [0.25, 0.3) is 5.91 Å². The molecule has 0 amide bonds. The molecule has 1 N–H and O–H groups in total. The van der Waals surface area contributed by atoms with Crippen LogP contribution in [0.1, 0.15) is 10.4 Å². The van der Waals surface area contributed by atoms with Crippen LogP contribution in [0.3, 0.4) is 0 Å². The van der Waals surface area contributed by atoms with Gasteiger partial charge in [-0.15, -0.1) is 0 Å². The summed E-state index contributed by atoms with van der Waals surface area (Å²) < 4.78 is 14.7. The lowest BCUT2D eigenvalue weighted by atomic mass is 10.1. The highest BCUT2D eigenvalue weighted by Crippen LogP contribution is 2.29. The fourth-order valence-electron chi connectivity index (χ4n) is 2.54. The van der Waals surface area contributed by atoms with Crippen molar-refractivity contribution in [1.82, 2.24) is 9.55 Å². The van der Waals surface area contributed by atoms with E-state index >= 15 is 0 Å². The van der Waals surface area contributed by atoms with Gasteiger partial charge in [0.05, 0.1) is 16.9 Å². The Morgan fingerprint density at radius 2 is 2.00 bits per heavy atom. The number of aromatic amines is 1. The minimum Gasteiger partial charge on any atom is -0.352 e. The largest absolute Gasteiger partial charge is 0.352 e. The maximum Gasteiger partial charge on any atom is 0.268 e. The summed E-state index contributed by atoms with van der Waals surface area (Å²) in [6.07, 6.45) is 1.61. The molecule has 3 heterocycles. The predicted molar refractivity (Wildman–Crippen MR) is 67.7 cm³/mol. The van der Waals surface area contributed by atoms with Gasteiger partial charge in [-0.3, -0.25) is 14.2 Å². The number of nitrogens with one attached hydrogen (secondary N) is 1. The van der Waals surface area contributed by atoms with Gasteiger partial charge in [-0.25, -0.2) is 4.39 Å². The minimum atomic E-state index is -0.428. The molecule has 92 valence electrons. The number of halogens is 1. The van der Waals surface area contributed by atoms with E-state index in [1.165, 1.54) is 22.8 Å². The molecule has 0 saturated carbocycles. The van der Waals surface area contributed by atoms with Crippen molar-refractivity contribution >= 4 is 16.8 Å². The molecular weight excluding hydrogens is 247 g/mol. The maximum atomic E-state index is 13.2. The molecule has 2 aromatic heterocycles. The highest BCUT2D eigenvalue weighted by molar-refractivity contribution is 6.10. The second kappa shape index (κ2) is 3.20. The molecule has 3 aromatic rings. The van der Waals surface area contributed by atoms with Crippen LogP contribution in [0.25, 0.3) is 22.3 Å². The number of rotatable bonds is 0. The molecule has 4 rings (SSSR count). The van der Waals surface area contributed by atoms with Crippen molar-refractivity contribution in [3.8, 4) is 11.4 Å². The number of fused-ring (bicyclic) bond motifs is 4. The first-order valence-corrected chi connectivity index (χ1v) is 5.75. The fourth-order valence-corrected chi connectivity index (χ4v) is 2.54. The summed E-state index contributed by atoms with van der Waals surface area (Å²) in [4.78, 5) is 27.5. The highest BCUT2D eigenvalue weighted by Gasteiger charge is 2.30. The summed E-state index contributed by atoms with van der Waals surface area (Å²) in [6.45, 7) is 0. The van der Waals surface area contributed by atoms with E-state index in [2.05, 4.69) is 4.98 Å². The van der Waals surface area contributed by atoms with Crippen LogP contribution in [0.5, 0.6) is 0 Å². The van der Waals surface area contributed by atoms with E-state index in [4.69, 9.17) is 0 Å². The molecule has 0 bridgehead atoms. The van der Waals surface area contributed by atoms with Crippen molar-refractivity contribution in [2.24, 2.45) is 0 Å². The van der Waals surface area contributed by atoms with Gasteiger partial charge in [0, 0.05) is 11.6 Å². The van der Waals surface area contributed by atoms with Crippen LogP contribution in [0.15, 0.2) is 41.3 Å². The zero-order chi connectivity index (χ0) is 13.1. The molecule has 0 aliphatic carbocycles. The van der Waals surface area contributed by atoms with Crippen molar-refractivity contribution < 1.29 is 9.18 Å². The third-order valence-electron chi connectivity index (χ3n) is 3.40. The SMILES string of the molecule is O=C1c2c([nH]c3cc(F)ccc3c2=O)-c2cccn21. The Hall–Kier alpha value is -2.69. The van der Waals surface area contributed by atoms with E-state index in [0.717, 1.165) is 0 Å². The van der Waals surface area contributed by atoms with Gasteiger partial charge < -0.3 is 4.98 Å². The Morgan fingerprint density at radius 3 is 2.84 bits per heavy atom. The minimum absolute atomic E-state index is 0.120. The Kier molecular flexibility index (Phi) is 1.73. The zero-order valence-electron chi connectivity index (χ0n) is 9.61. The smallest absolute Gasteiger partial charge is 0.268 e. The molecule has 4 nitrogen and oxygen atoms in total. The molecule has 0 radical (unpaired) electrons. The van der Waals surface area contributed by atoms with Crippen molar-refractivity contribution in [2.75, 3.05) is 0 Å². The molecule has 0 atom stereocenters. The number of pyridine rings is 1. The summed E-state index contributed by atoms with van der Waals surface area (Å²) in [5.41, 5.74) is 1.24. The Morgan fingerprint density at radius 1 is 1.16 bits per heavy atom. The van der Waals surface area contributed by atoms with Gasteiger partial charge >= 0.3 is 0 Å². The molecule has 19 heavy (non-hydrogen) atoms. The molecule has 0 unspecified atom stereocenters. The summed E-state index contributed by atoms with van der Waals surface area (Å²) in [5.74, 6) is -0.773. The number of hydrogen-bond acceptors (Lipinski definition) is 2. The van der Waals surface area contributed by atoms with Crippen LogP contribution >= 0.6 is 0 Å². The fraction of sp³-hybridized carbons (Fsp3) is 0. The Bertz CT molecular complexity index is 921. The first-order chi connectivity index (χ1) is 9.16. The quantitative estimate of drug-likeness (QED) is 0.522. The number of benzene rings is 1. The Balaban J connectivity index is 2.22. The average Bonchev–Trinajstić information content (AvgIpc) is 2.94. The van der Waals surface area contributed by atoms with Gasteiger partial charge in [-0.05, 0) is 30.3 Å². The molecule has 5 heteroatoms. The second-order valence-electron chi connectivity index (χ2n) is 4.46. The summed E-state index contributed by atoms with van der Waals surface area (Å²) in [5, 5.41) is 0.319. The summed E-state index contributed by atoms with van der Waals surface area (Å²) in [7, 11) is 0. The third kappa shape index (κ3) is 1.16. The van der Waals surface area contributed by atoms with Crippen LogP contribution in [0.4, 0.5) is 4.39 Å². The van der Waals surface area contributed by atoms with Gasteiger partial charge in [-0.1, -0.05) is 0 Å². The van der Waals surface area contributed by atoms with E-state index in [1.807, 2.05) is 0 Å². The van der Waals surface area contributed by atoms with E-state index in [1.54, 1.807) is 18.3 Å². The van der Waals surface area contributed by atoms with Gasteiger partial charge in [0.2, 0.25) is 5.43 Å². The first-order valence-electron chi connectivity index (χ1n) is 5.75. The summed E-state index contributed by atoms with van der Waals surface area (Å²) in [6, 6.07) is 7.33. The van der Waals surface area contributed by atoms with Crippen LogP contribution in [0, 0.1) is 5.82 Å². The number of hydrogen-bond donors (Lipinski definition) is 1. The van der Waals surface area contributed by atoms with Gasteiger partial charge in [-0.2, -0.15) is 0 Å². The van der Waals surface area contributed by atoms with Crippen LogP contribution < -0.4 is 5.43 Å². The zero-order valence-corrected chi connectivity index (χ0v) is 9.61. The lowest BCUT2D eigenvalue weighted by Crippen LogP contribution is -2.17. The second-order valence-corrected chi connectivity index (χ2v) is 4.46. The predicted octanol–water partition coefficient (Wildman–Crippen LogP) is 2.14. The lowest BCUT2D eigenvalue weighted by molar-refractivity contribution is 0.0968. The Labute approximate surface area is 106 Å². The number of carbonyl (C=O) groups is 1. The topological polar surface area (TPSA) is 54.9 Å². The number of aromatic nitrogens is 2. The third-order valence-corrected chi connectivity index (χ3v) is 3.40. The van der Waals surface area contributed by atoms with Crippen molar-refractivity contribution in [3.63, 3.8) is 0 Å². The van der Waals surface area contributed by atoms with E-state index in [9.17, 15) is 14.0 Å². The van der Waals surface area contributed by atoms with Crippen molar-refractivity contribution in [1.29, 1.82) is 0 Å². The molecule has 1 aliphatic heterocycles. The molecular formula is C14H7FN2O2. The monoisotopic (exact) mass is 254 g/mol. The lowest BCUT2D eigenvalue weighted by Gasteiger charge is -2.02. The molecule has 1 aromatic carbocycles. The molecule has 1 aliphatic rings. The molecule has 0 spiro atoms. The van der Waals surface area contributed by atoms with Crippen molar-refractivity contribution in [2.45, 2.75) is 0 Å². The van der Waals surface area contributed by atoms with Gasteiger partial charge in [0.1, 0.15) is 11.4 Å². The first kappa shape index (κ1) is 10.3. The number of carbonyl (C=O) groups excluding carboxylic acids is 1. The molecule has 0 fully saturated rings. The van der Waals surface area contributed by atoms with E-state index < -0.39 is 5.82 Å². The van der Waals surface area contributed by atoms with Crippen LogP contribution in [0.2, 0.25) is 0 Å². The van der Waals surface area contributed by atoms with Gasteiger partial charge in [0.15, 0.2) is 0 Å². The number of H-pyrrole nitrogens is 1. The standard InChI is InChI=1S/C14H7FN2O2/c15-7-3-4-8-9(6-7)16-12-10-2-1-5-17(10)14(19)11(12)13(8)18/h1-6H,(H,16,18).